The zero-order valence-corrected chi connectivity index (χ0v) is 18.4. The topological polar surface area (TPSA) is 108 Å². The van der Waals surface area contributed by atoms with E-state index in [0.717, 1.165) is 5.56 Å². The molecule has 1 aliphatic rings. The number of ether oxygens (including phenoxy) is 3. The zero-order chi connectivity index (χ0) is 21.0. The van der Waals surface area contributed by atoms with E-state index in [0.29, 0.717) is 35.1 Å². The van der Waals surface area contributed by atoms with Crippen molar-refractivity contribution in [3.8, 4) is 23.0 Å². The minimum absolute atomic E-state index is 0. The van der Waals surface area contributed by atoms with Crippen LogP contribution in [0.1, 0.15) is 15.9 Å². The van der Waals surface area contributed by atoms with Crippen LogP contribution in [0.15, 0.2) is 36.4 Å². The molecule has 0 aromatic heterocycles. The fourth-order valence-electron chi connectivity index (χ4n) is 3.07. The Kier molecular flexibility index (Phi) is 7.94. The molecule has 1 amide bonds. The molecule has 0 bridgehead atoms. The van der Waals surface area contributed by atoms with E-state index < -0.39 is 9.84 Å². The van der Waals surface area contributed by atoms with Crippen LogP contribution in [0.25, 0.3) is 0 Å². The average Bonchev–Trinajstić information content (AvgIpc) is 2.73. The van der Waals surface area contributed by atoms with Gasteiger partial charge in [0.15, 0.2) is 21.3 Å². The fraction of sp³-hybridized carbons (Fsp3) is 0.350. The van der Waals surface area contributed by atoms with Gasteiger partial charge in [0.2, 0.25) is 0 Å². The van der Waals surface area contributed by atoms with Gasteiger partial charge in [0.05, 0.1) is 25.7 Å². The molecule has 2 aromatic rings. The number of hydrogen-bond acceptors (Lipinski definition) is 7. The highest BCUT2D eigenvalue weighted by Gasteiger charge is 2.26. The van der Waals surface area contributed by atoms with Crippen LogP contribution < -0.4 is 19.9 Å². The second-order valence-corrected chi connectivity index (χ2v) is 8.89. The summed E-state index contributed by atoms with van der Waals surface area (Å²) in [5, 5.41) is 0. The number of rotatable bonds is 6. The number of halogens is 1. The number of nitrogens with two attached hydrogens (primary N) is 1. The fourth-order valence-corrected chi connectivity index (χ4v) is 4.27. The third-order valence-electron chi connectivity index (χ3n) is 4.75. The van der Waals surface area contributed by atoms with Gasteiger partial charge in [-0.25, -0.2) is 8.42 Å². The van der Waals surface area contributed by atoms with E-state index >= 15 is 0 Å². The Hall–Kier alpha value is -2.49. The van der Waals surface area contributed by atoms with Gasteiger partial charge in [-0.3, -0.25) is 4.79 Å². The molecule has 0 unspecified atom stereocenters. The molecule has 0 radical (unpaired) electrons. The van der Waals surface area contributed by atoms with Gasteiger partial charge in [-0.1, -0.05) is 6.07 Å². The summed E-state index contributed by atoms with van der Waals surface area (Å²) in [7, 11) is 0.00105. The van der Waals surface area contributed by atoms with Crippen molar-refractivity contribution in [2.24, 2.45) is 5.73 Å². The molecule has 1 saturated heterocycles. The van der Waals surface area contributed by atoms with Crippen LogP contribution in [0.2, 0.25) is 0 Å². The van der Waals surface area contributed by atoms with E-state index in [-0.39, 0.29) is 42.9 Å². The quantitative estimate of drug-likeness (QED) is 0.710. The van der Waals surface area contributed by atoms with Gasteiger partial charge < -0.3 is 24.8 Å². The molecule has 0 aliphatic carbocycles. The second kappa shape index (κ2) is 10.0. The Bertz CT molecular complexity index is 998. The Labute approximate surface area is 182 Å². The van der Waals surface area contributed by atoms with Gasteiger partial charge in [-0.2, -0.15) is 0 Å². The molecule has 2 aromatic carbocycles. The molecule has 10 heteroatoms. The van der Waals surface area contributed by atoms with E-state index in [1.165, 1.54) is 12.0 Å². The summed E-state index contributed by atoms with van der Waals surface area (Å²) >= 11 is 0. The van der Waals surface area contributed by atoms with Crippen molar-refractivity contribution >= 4 is 28.2 Å². The molecule has 3 rings (SSSR count). The summed E-state index contributed by atoms with van der Waals surface area (Å²) in [6, 6.07) is 10.2. The first-order chi connectivity index (χ1) is 13.9. The van der Waals surface area contributed by atoms with Crippen LogP contribution in [0, 0.1) is 0 Å². The lowest BCUT2D eigenvalue weighted by atomic mass is 10.1. The first-order valence-electron chi connectivity index (χ1n) is 9.09. The molecule has 0 atom stereocenters. The molecular formula is C20H25ClN2O6S. The molecule has 1 heterocycles. The van der Waals surface area contributed by atoms with Gasteiger partial charge in [0.25, 0.3) is 5.91 Å². The summed E-state index contributed by atoms with van der Waals surface area (Å²) in [5.74, 6) is 1.65. The molecule has 0 saturated carbocycles. The highest BCUT2D eigenvalue weighted by molar-refractivity contribution is 7.91. The van der Waals surface area contributed by atoms with E-state index in [9.17, 15) is 13.2 Å². The van der Waals surface area contributed by atoms with Crippen LogP contribution in [0.4, 0.5) is 0 Å². The number of nitrogens with zero attached hydrogens (tertiary/aromatic N) is 1. The summed E-state index contributed by atoms with van der Waals surface area (Å²) in [4.78, 5) is 14.3. The highest BCUT2D eigenvalue weighted by atomic mass is 35.5. The van der Waals surface area contributed by atoms with Crippen molar-refractivity contribution in [1.29, 1.82) is 0 Å². The highest BCUT2D eigenvalue weighted by Crippen LogP contribution is 2.35. The van der Waals surface area contributed by atoms with E-state index in [4.69, 9.17) is 19.9 Å². The summed E-state index contributed by atoms with van der Waals surface area (Å²) in [6.45, 7) is 0.699. The van der Waals surface area contributed by atoms with Crippen molar-refractivity contribution in [2.45, 2.75) is 6.54 Å². The minimum Gasteiger partial charge on any atom is -0.496 e. The Morgan fingerprint density at radius 1 is 1.00 bits per heavy atom. The lowest BCUT2D eigenvalue weighted by Crippen LogP contribution is -2.43. The van der Waals surface area contributed by atoms with Crippen LogP contribution in [-0.2, 0) is 16.4 Å². The van der Waals surface area contributed by atoms with Gasteiger partial charge in [-0.15, -0.1) is 12.4 Å². The minimum atomic E-state index is -3.06. The zero-order valence-electron chi connectivity index (χ0n) is 16.8. The number of hydrogen-bond donors (Lipinski definition) is 1. The molecule has 2 N–H and O–H groups in total. The van der Waals surface area contributed by atoms with Crippen LogP contribution in [0.5, 0.6) is 23.0 Å². The van der Waals surface area contributed by atoms with Crippen LogP contribution >= 0.6 is 12.4 Å². The molecule has 0 spiro atoms. The Balaban J connectivity index is 0.00000320. The maximum absolute atomic E-state index is 12.8. The molecular weight excluding hydrogens is 432 g/mol. The Morgan fingerprint density at radius 3 is 2.27 bits per heavy atom. The van der Waals surface area contributed by atoms with Gasteiger partial charge in [0.1, 0.15) is 11.5 Å². The third-order valence-corrected chi connectivity index (χ3v) is 6.36. The normalized spacial score (nSPS) is 15.1. The van der Waals surface area contributed by atoms with Gasteiger partial charge in [0, 0.05) is 36.8 Å². The smallest absolute Gasteiger partial charge is 0.254 e. The SMILES string of the molecule is COc1cc(Oc2cc(C(=O)N3CCS(=O)(=O)CC3)ccc2OC)ccc1CN.Cl. The number of amides is 1. The molecule has 1 aliphatic heterocycles. The number of methoxy groups -OCH3 is 2. The van der Waals surface area contributed by atoms with Crippen molar-refractivity contribution < 1.29 is 27.4 Å². The van der Waals surface area contributed by atoms with Gasteiger partial charge >= 0.3 is 0 Å². The number of carbonyl (C=O) groups is 1. The van der Waals surface area contributed by atoms with Crippen molar-refractivity contribution in [1.82, 2.24) is 4.90 Å². The lowest BCUT2D eigenvalue weighted by molar-refractivity contribution is 0.0770. The van der Waals surface area contributed by atoms with Crippen LogP contribution in [-0.4, -0.2) is 58.0 Å². The summed E-state index contributed by atoms with van der Waals surface area (Å²) in [6.07, 6.45) is 0. The number of benzene rings is 2. The molecule has 1 fully saturated rings. The summed E-state index contributed by atoms with van der Waals surface area (Å²) < 4.78 is 39.8. The Morgan fingerprint density at radius 2 is 1.67 bits per heavy atom. The third kappa shape index (κ3) is 5.35. The van der Waals surface area contributed by atoms with Crippen molar-refractivity contribution in [2.75, 3.05) is 38.8 Å². The second-order valence-electron chi connectivity index (χ2n) is 6.59. The van der Waals surface area contributed by atoms with E-state index in [1.54, 1.807) is 37.4 Å². The lowest BCUT2D eigenvalue weighted by Gasteiger charge is -2.27. The summed E-state index contributed by atoms with van der Waals surface area (Å²) in [5.41, 5.74) is 6.93. The molecule has 8 nitrogen and oxygen atoms in total. The maximum atomic E-state index is 12.8. The first-order valence-corrected chi connectivity index (χ1v) is 10.9. The van der Waals surface area contributed by atoms with Crippen molar-refractivity contribution in [3.05, 3.63) is 47.5 Å². The predicted molar refractivity (Wildman–Crippen MR) is 116 cm³/mol. The monoisotopic (exact) mass is 456 g/mol. The van der Waals surface area contributed by atoms with Crippen LogP contribution in [0.3, 0.4) is 0 Å². The van der Waals surface area contributed by atoms with E-state index in [1.807, 2.05) is 6.07 Å². The largest absolute Gasteiger partial charge is 0.496 e. The predicted octanol–water partition coefficient (Wildman–Crippen LogP) is 2.25. The molecule has 30 heavy (non-hydrogen) atoms. The first kappa shape index (κ1) is 23.8. The number of sulfone groups is 1. The maximum Gasteiger partial charge on any atom is 0.254 e. The number of carbonyl (C=O) groups excluding carboxylic acids is 1. The standard InChI is InChI=1S/C20H24N2O6S.ClH/c1-26-17-6-4-14(20(23)22-7-9-29(24,25)10-8-22)11-19(17)28-16-5-3-15(13-21)18(12-16)27-2;/h3-6,11-12H,7-10,13,21H2,1-2H3;1H. The molecule has 164 valence electrons. The average molecular weight is 457 g/mol. The van der Waals surface area contributed by atoms with E-state index in [2.05, 4.69) is 0 Å². The van der Waals surface area contributed by atoms with Gasteiger partial charge in [-0.05, 0) is 24.3 Å². The van der Waals surface area contributed by atoms with Crippen molar-refractivity contribution in [3.63, 3.8) is 0 Å².